The summed E-state index contributed by atoms with van der Waals surface area (Å²) in [5.74, 6) is -0.388. The van der Waals surface area contributed by atoms with E-state index in [4.69, 9.17) is 0 Å². The molecule has 1 unspecified atom stereocenters. The fraction of sp³-hybridized carbons (Fsp3) is 0.375. The highest BCUT2D eigenvalue weighted by molar-refractivity contribution is 7.12. The number of carbonyl (C=O) groups is 1. The molecule has 3 nitrogen and oxygen atoms in total. The van der Waals surface area contributed by atoms with Gasteiger partial charge in [0, 0.05) is 5.56 Å². The number of esters is 1. The van der Waals surface area contributed by atoms with Gasteiger partial charge in [0.25, 0.3) is 0 Å². The molecule has 0 saturated carbocycles. The van der Waals surface area contributed by atoms with Crippen LogP contribution in [0.4, 0.5) is 0 Å². The molecule has 0 amide bonds. The highest BCUT2D eigenvalue weighted by atomic mass is 32.1. The Morgan fingerprint density at radius 2 is 2.42 bits per heavy atom. The van der Waals surface area contributed by atoms with Gasteiger partial charge in [-0.1, -0.05) is 0 Å². The summed E-state index contributed by atoms with van der Waals surface area (Å²) in [6, 6.07) is 1.72. The van der Waals surface area contributed by atoms with Crippen LogP contribution in [0.1, 0.15) is 28.3 Å². The van der Waals surface area contributed by atoms with Crippen LogP contribution in [0, 0.1) is 0 Å². The molecule has 0 spiro atoms. The second-order valence-corrected chi connectivity index (χ2v) is 3.29. The maximum Gasteiger partial charge on any atom is 0.348 e. The minimum Gasteiger partial charge on any atom is -0.465 e. The number of aliphatic hydroxyl groups excluding tert-OH is 1. The van der Waals surface area contributed by atoms with Gasteiger partial charge in [0.15, 0.2) is 0 Å². The topological polar surface area (TPSA) is 46.5 Å². The van der Waals surface area contributed by atoms with Crippen molar-refractivity contribution in [3.8, 4) is 0 Å². The molecule has 0 fully saturated rings. The Morgan fingerprint density at radius 1 is 1.75 bits per heavy atom. The van der Waals surface area contributed by atoms with E-state index < -0.39 is 6.10 Å². The number of ether oxygens (including phenoxy) is 1. The zero-order valence-corrected chi connectivity index (χ0v) is 7.72. The monoisotopic (exact) mass is 186 g/mol. The lowest BCUT2D eigenvalue weighted by Gasteiger charge is -2.03. The van der Waals surface area contributed by atoms with Crippen LogP contribution in [0.2, 0.25) is 0 Å². The highest BCUT2D eigenvalue weighted by Gasteiger charge is 2.16. The summed E-state index contributed by atoms with van der Waals surface area (Å²) in [7, 11) is 1.33. The molecule has 1 N–H and O–H groups in total. The van der Waals surface area contributed by atoms with Crippen LogP contribution in [-0.2, 0) is 4.74 Å². The van der Waals surface area contributed by atoms with Crippen LogP contribution in [0.3, 0.4) is 0 Å². The lowest BCUT2D eigenvalue weighted by molar-refractivity contribution is 0.0600. The average Bonchev–Trinajstić information content (AvgIpc) is 2.50. The predicted molar refractivity (Wildman–Crippen MR) is 46.3 cm³/mol. The number of hydrogen-bond acceptors (Lipinski definition) is 4. The first-order valence-corrected chi connectivity index (χ1v) is 4.38. The molecule has 0 aliphatic carbocycles. The molecule has 1 aromatic heterocycles. The number of rotatable bonds is 2. The van der Waals surface area contributed by atoms with E-state index in [1.54, 1.807) is 18.4 Å². The molecule has 12 heavy (non-hydrogen) atoms. The van der Waals surface area contributed by atoms with E-state index in [0.717, 1.165) is 0 Å². The first-order chi connectivity index (χ1) is 5.66. The van der Waals surface area contributed by atoms with Crippen LogP contribution in [0.25, 0.3) is 0 Å². The third-order valence-corrected chi connectivity index (χ3v) is 2.43. The van der Waals surface area contributed by atoms with Crippen molar-refractivity contribution in [2.24, 2.45) is 0 Å². The average molecular weight is 186 g/mol. The van der Waals surface area contributed by atoms with Gasteiger partial charge in [-0.2, -0.15) is 0 Å². The Balaban J connectivity index is 2.99. The Labute approximate surface area is 74.6 Å². The van der Waals surface area contributed by atoms with Crippen molar-refractivity contribution in [2.75, 3.05) is 7.11 Å². The van der Waals surface area contributed by atoms with Gasteiger partial charge < -0.3 is 9.84 Å². The molecule has 1 rings (SSSR count). The van der Waals surface area contributed by atoms with Crippen LogP contribution < -0.4 is 0 Å². The van der Waals surface area contributed by atoms with Crippen molar-refractivity contribution in [3.63, 3.8) is 0 Å². The van der Waals surface area contributed by atoms with E-state index in [9.17, 15) is 9.90 Å². The smallest absolute Gasteiger partial charge is 0.348 e. The SMILES string of the molecule is COC(=O)c1sccc1C(C)O. The first kappa shape index (κ1) is 9.22. The van der Waals surface area contributed by atoms with E-state index in [1.165, 1.54) is 18.4 Å². The Morgan fingerprint density at radius 3 is 2.92 bits per heavy atom. The van der Waals surface area contributed by atoms with Gasteiger partial charge in [-0.3, -0.25) is 0 Å². The second kappa shape index (κ2) is 3.69. The molecule has 0 radical (unpaired) electrons. The lowest BCUT2D eigenvalue weighted by atomic mass is 10.2. The largest absolute Gasteiger partial charge is 0.465 e. The molecular weight excluding hydrogens is 176 g/mol. The first-order valence-electron chi connectivity index (χ1n) is 3.50. The molecule has 1 atom stereocenters. The Kier molecular flexibility index (Phi) is 2.83. The maximum absolute atomic E-state index is 11.1. The summed E-state index contributed by atoms with van der Waals surface area (Å²) in [6.07, 6.45) is -0.620. The number of thiophene rings is 1. The van der Waals surface area contributed by atoms with Crippen molar-refractivity contribution >= 4 is 17.3 Å². The van der Waals surface area contributed by atoms with E-state index in [-0.39, 0.29) is 5.97 Å². The maximum atomic E-state index is 11.1. The van der Waals surface area contributed by atoms with Gasteiger partial charge in [0.2, 0.25) is 0 Å². The van der Waals surface area contributed by atoms with Crippen LogP contribution in [0.5, 0.6) is 0 Å². The zero-order valence-electron chi connectivity index (χ0n) is 6.90. The molecule has 66 valence electrons. The predicted octanol–water partition coefficient (Wildman–Crippen LogP) is 1.59. The molecule has 0 aliphatic rings. The summed E-state index contributed by atoms with van der Waals surface area (Å²) in [4.78, 5) is 11.6. The van der Waals surface area contributed by atoms with Gasteiger partial charge in [-0.25, -0.2) is 4.79 Å². The summed E-state index contributed by atoms with van der Waals surface area (Å²) in [5.41, 5.74) is 0.631. The number of aliphatic hydroxyl groups is 1. The molecule has 0 aliphatic heterocycles. The quantitative estimate of drug-likeness (QED) is 0.713. The molecule has 0 aromatic carbocycles. The van der Waals surface area contributed by atoms with Crippen molar-refractivity contribution in [1.29, 1.82) is 0 Å². The van der Waals surface area contributed by atoms with Crippen molar-refractivity contribution in [2.45, 2.75) is 13.0 Å². The van der Waals surface area contributed by atoms with Gasteiger partial charge >= 0.3 is 5.97 Å². The fourth-order valence-electron chi connectivity index (χ4n) is 0.907. The highest BCUT2D eigenvalue weighted by Crippen LogP contribution is 2.23. The third-order valence-electron chi connectivity index (χ3n) is 1.52. The van der Waals surface area contributed by atoms with E-state index in [1.807, 2.05) is 0 Å². The number of methoxy groups -OCH3 is 1. The lowest BCUT2D eigenvalue weighted by Crippen LogP contribution is -2.03. The van der Waals surface area contributed by atoms with Crippen molar-refractivity contribution < 1.29 is 14.6 Å². The van der Waals surface area contributed by atoms with Gasteiger partial charge in [-0.15, -0.1) is 11.3 Å². The normalized spacial score (nSPS) is 12.6. The summed E-state index contributed by atoms with van der Waals surface area (Å²) in [6.45, 7) is 1.62. The third kappa shape index (κ3) is 1.65. The molecule has 0 saturated heterocycles. The summed E-state index contributed by atoms with van der Waals surface area (Å²) in [5, 5.41) is 11.0. The van der Waals surface area contributed by atoms with Gasteiger partial charge in [0.1, 0.15) is 4.88 Å². The van der Waals surface area contributed by atoms with E-state index in [2.05, 4.69) is 4.74 Å². The van der Waals surface area contributed by atoms with E-state index in [0.29, 0.717) is 10.4 Å². The molecule has 1 heterocycles. The van der Waals surface area contributed by atoms with Crippen LogP contribution in [-0.4, -0.2) is 18.2 Å². The Bertz CT molecular complexity index is 278. The van der Waals surface area contributed by atoms with Crippen molar-refractivity contribution in [3.05, 3.63) is 21.9 Å². The number of carbonyl (C=O) groups excluding carboxylic acids is 1. The van der Waals surface area contributed by atoms with Gasteiger partial charge in [-0.05, 0) is 18.4 Å². The minimum atomic E-state index is -0.620. The second-order valence-electron chi connectivity index (χ2n) is 2.37. The minimum absolute atomic E-state index is 0.388. The van der Waals surface area contributed by atoms with Crippen LogP contribution in [0.15, 0.2) is 11.4 Å². The Hall–Kier alpha value is -0.870. The standard InChI is InChI=1S/C8H10O3S/c1-5(9)6-3-4-12-7(6)8(10)11-2/h3-5,9H,1-2H3. The fourth-order valence-corrected chi connectivity index (χ4v) is 1.81. The summed E-state index contributed by atoms with van der Waals surface area (Å²) >= 11 is 1.28. The van der Waals surface area contributed by atoms with Crippen LogP contribution >= 0.6 is 11.3 Å². The molecule has 4 heteroatoms. The molecule has 0 bridgehead atoms. The van der Waals surface area contributed by atoms with Gasteiger partial charge in [0.05, 0.1) is 13.2 Å². The summed E-state index contributed by atoms with van der Waals surface area (Å²) < 4.78 is 4.55. The van der Waals surface area contributed by atoms with E-state index >= 15 is 0 Å². The number of hydrogen-bond donors (Lipinski definition) is 1. The molecule has 1 aromatic rings. The zero-order chi connectivity index (χ0) is 9.14. The van der Waals surface area contributed by atoms with Crippen molar-refractivity contribution in [1.82, 2.24) is 0 Å². The molecular formula is C8H10O3S.